The van der Waals surface area contributed by atoms with Crippen molar-refractivity contribution in [2.24, 2.45) is 5.92 Å². The van der Waals surface area contributed by atoms with Crippen molar-refractivity contribution < 1.29 is 4.74 Å². The summed E-state index contributed by atoms with van der Waals surface area (Å²) in [5.41, 5.74) is 4.85. The third-order valence-corrected chi connectivity index (χ3v) is 9.88. The number of benzene rings is 2. The second kappa shape index (κ2) is 13.4. The van der Waals surface area contributed by atoms with E-state index in [1.165, 1.54) is 46.8 Å². The molecule has 1 aliphatic carbocycles. The Morgan fingerprint density at radius 2 is 1.91 bits per heavy atom. The van der Waals surface area contributed by atoms with Crippen molar-refractivity contribution >= 4 is 22.3 Å². The SMILES string of the molecule is CC=CN1CCN(c2nc(OCC3CCCC(N(C)C)C3)nc3c2CCN(c2cccc4cccc(C)c24)C3)CC1CC#N. The van der Waals surface area contributed by atoms with Crippen molar-refractivity contribution in [3.63, 3.8) is 0 Å². The van der Waals surface area contributed by atoms with Crippen LogP contribution in [0, 0.1) is 24.2 Å². The lowest BCUT2D eigenvalue weighted by Crippen LogP contribution is -2.51. The number of piperazine rings is 1. The Balaban J connectivity index is 1.31. The van der Waals surface area contributed by atoms with Crippen molar-refractivity contribution in [1.82, 2.24) is 19.8 Å². The lowest BCUT2D eigenvalue weighted by Gasteiger charge is -2.42. The van der Waals surface area contributed by atoms with Gasteiger partial charge in [0.2, 0.25) is 0 Å². The molecular formula is C36H47N7O. The summed E-state index contributed by atoms with van der Waals surface area (Å²) in [6.45, 7) is 9.01. The minimum atomic E-state index is 0.129. The number of rotatable bonds is 8. The molecule has 3 aromatic rings. The van der Waals surface area contributed by atoms with Crippen LogP contribution in [0.15, 0.2) is 48.7 Å². The molecule has 2 aliphatic heterocycles. The van der Waals surface area contributed by atoms with Crippen LogP contribution in [-0.2, 0) is 13.0 Å². The fourth-order valence-electron chi connectivity index (χ4n) is 7.50. The van der Waals surface area contributed by atoms with Crippen molar-refractivity contribution in [3.05, 3.63) is 65.5 Å². The number of anilines is 2. The van der Waals surface area contributed by atoms with Crippen LogP contribution in [0.3, 0.4) is 0 Å². The summed E-state index contributed by atoms with van der Waals surface area (Å²) < 4.78 is 6.48. The molecule has 1 saturated carbocycles. The molecule has 0 N–H and O–H groups in total. The summed E-state index contributed by atoms with van der Waals surface area (Å²) in [6.07, 6.45) is 10.4. The third kappa shape index (κ3) is 6.34. The molecule has 8 heteroatoms. The van der Waals surface area contributed by atoms with E-state index in [1.54, 1.807) is 0 Å². The van der Waals surface area contributed by atoms with Crippen molar-refractivity contribution in [2.45, 2.75) is 71.0 Å². The fourth-order valence-corrected chi connectivity index (χ4v) is 7.50. The lowest BCUT2D eigenvalue weighted by atomic mass is 9.86. The first-order chi connectivity index (χ1) is 21.4. The van der Waals surface area contributed by atoms with Crippen LogP contribution in [0.5, 0.6) is 6.01 Å². The number of nitrogens with zero attached hydrogens (tertiary/aromatic N) is 7. The van der Waals surface area contributed by atoms with Gasteiger partial charge in [0.15, 0.2) is 0 Å². The van der Waals surface area contributed by atoms with Crippen LogP contribution in [-0.4, -0.2) is 78.7 Å². The number of hydrogen-bond acceptors (Lipinski definition) is 8. The molecule has 232 valence electrons. The first-order valence-corrected chi connectivity index (χ1v) is 16.4. The predicted molar refractivity (Wildman–Crippen MR) is 178 cm³/mol. The van der Waals surface area contributed by atoms with Crippen molar-refractivity contribution in [2.75, 3.05) is 56.7 Å². The van der Waals surface area contributed by atoms with Crippen LogP contribution >= 0.6 is 0 Å². The average Bonchev–Trinajstić information content (AvgIpc) is 3.04. The molecule has 0 amide bonds. The highest BCUT2D eigenvalue weighted by atomic mass is 16.5. The molecule has 0 spiro atoms. The molecule has 8 nitrogen and oxygen atoms in total. The zero-order valence-electron chi connectivity index (χ0n) is 26.9. The second-order valence-corrected chi connectivity index (χ2v) is 13.0. The summed E-state index contributed by atoms with van der Waals surface area (Å²) in [5.74, 6) is 1.51. The van der Waals surface area contributed by atoms with Gasteiger partial charge in [0.1, 0.15) is 5.82 Å². The van der Waals surface area contributed by atoms with E-state index in [2.05, 4.69) is 95.4 Å². The molecule has 1 aromatic heterocycles. The molecular weight excluding hydrogens is 546 g/mol. The Labute approximate surface area is 262 Å². The summed E-state index contributed by atoms with van der Waals surface area (Å²) in [5, 5.41) is 12.2. The van der Waals surface area contributed by atoms with Crippen molar-refractivity contribution in [3.8, 4) is 12.1 Å². The number of allylic oxidation sites excluding steroid dienone is 1. The third-order valence-electron chi connectivity index (χ3n) is 9.88. The minimum Gasteiger partial charge on any atom is -0.463 e. The molecule has 3 unspecified atom stereocenters. The van der Waals surface area contributed by atoms with Gasteiger partial charge in [-0.1, -0.05) is 42.8 Å². The van der Waals surface area contributed by atoms with Gasteiger partial charge >= 0.3 is 6.01 Å². The van der Waals surface area contributed by atoms with Crippen LogP contribution in [0.2, 0.25) is 0 Å². The number of aryl methyl sites for hydroxylation is 1. The van der Waals surface area contributed by atoms with E-state index >= 15 is 0 Å². The molecule has 0 bridgehead atoms. The van der Waals surface area contributed by atoms with Gasteiger partial charge in [0, 0.05) is 48.9 Å². The van der Waals surface area contributed by atoms with Gasteiger partial charge in [-0.3, -0.25) is 0 Å². The number of aromatic nitrogens is 2. The molecule has 2 fully saturated rings. The van der Waals surface area contributed by atoms with Gasteiger partial charge in [-0.15, -0.1) is 0 Å². The topological polar surface area (TPSA) is 71.8 Å². The first-order valence-electron chi connectivity index (χ1n) is 16.4. The average molecular weight is 594 g/mol. The van der Waals surface area contributed by atoms with Gasteiger partial charge in [-0.2, -0.15) is 15.2 Å². The van der Waals surface area contributed by atoms with Gasteiger partial charge < -0.3 is 24.3 Å². The van der Waals surface area contributed by atoms with Crippen molar-refractivity contribution in [1.29, 1.82) is 5.26 Å². The molecule has 3 atom stereocenters. The van der Waals surface area contributed by atoms with E-state index in [0.29, 0.717) is 31.0 Å². The van der Waals surface area contributed by atoms with E-state index in [4.69, 9.17) is 14.7 Å². The second-order valence-electron chi connectivity index (χ2n) is 13.0. The smallest absolute Gasteiger partial charge is 0.318 e. The highest BCUT2D eigenvalue weighted by Gasteiger charge is 2.32. The monoisotopic (exact) mass is 593 g/mol. The number of nitriles is 1. The summed E-state index contributed by atoms with van der Waals surface area (Å²) in [7, 11) is 4.37. The Bertz CT molecular complexity index is 1520. The molecule has 2 aromatic carbocycles. The highest BCUT2D eigenvalue weighted by Crippen LogP contribution is 2.36. The van der Waals surface area contributed by atoms with Gasteiger partial charge in [-0.05, 0) is 82.8 Å². The molecule has 1 saturated heterocycles. The Hall–Kier alpha value is -3.83. The van der Waals surface area contributed by atoms with E-state index in [0.717, 1.165) is 57.1 Å². The van der Waals surface area contributed by atoms with E-state index in [1.807, 2.05) is 6.92 Å². The molecule has 3 aliphatic rings. The summed E-state index contributed by atoms with van der Waals surface area (Å²) in [6, 6.07) is 16.8. The minimum absolute atomic E-state index is 0.129. The maximum atomic E-state index is 9.60. The highest BCUT2D eigenvalue weighted by molar-refractivity contribution is 5.97. The van der Waals surface area contributed by atoms with Crippen LogP contribution in [0.1, 0.15) is 55.8 Å². The Morgan fingerprint density at radius 3 is 2.70 bits per heavy atom. The maximum absolute atomic E-state index is 9.60. The largest absolute Gasteiger partial charge is 0.463 e. The zero-order valence-corrected chi connectivity index (χ0v) is 26.9. The molecule has 0 radical (unpaired) electrons. The predicted octanol–water partition coefficient (Wildman–Crippen LogP) is 5.94. The number of hydrogen-bond donors (Lipinski definition) is 0. The van der Waals surface area contributed by atoms with Crippen LogP contribution in [0.25, 0.3) is 10.8 Å². The summed E-state index contributed by atoms with van der Waals surface area (Å²) >= 11 is 0. The standard InChI is InChI=1S/C36H47N7O/c1-5-18-41-20-21-43(23-30(41)15-17-37)35-31-16-19-42(33-14-8-12-28-11-6-9-26(2)34(28)33)24-32(31)38-36(39-35)44-25-27-10-7-13-29(22-27)40(3)4/h5-6,8-9,11-12,14,18,27,29-30H,7,10,13,15-16,19-25H2,1-4H3. The van der Waals surface area contributed by atoms with E-state index < -0.39 is 0 Å². The fraction of sp³-hybridized carbons (Fsp3) is 0.528. The van der Waals surface area contributed by atoms with E-state index in [9.17, 15) is 5.26 Å². The molecule has 3 heterocycles. The summed E-state index contributed by atoms with van der Waals surface area (Å²) in [4.78, 5) is 19.7. The normalized spacial score (nSPS) is 22.5. The lowest BCUT2D eigenvalue weighted by molar-refractivity contribution is 0.136. The molecule has 44 heavy (non-hydrogen) atoms. The molecule has 6 rings (SSSR count). The zero-order chi connectivity index (χ0) is 30.6. The van der Waals surface area contributed by atoms with Crippen LogP contribution in [0.4, 0.5) is 11.5 Å². The van der Waals surface area contributed by atoms with Gasteiger partial charge in [0.25, 0.3) is 0 Å². The van der Waals surface area contributed by atoms with E-state index in [-0.39, 0.29) is 6.04 Å². The Kier molecular flexibility index (Phi) is 9.22. The first kappa shape index (κ1) is 30.2. The van der Waals surface area contributed by atoms with Gasteiger partial charge in [-0.25, -0.2) is 0 Å². The maximum Gasteiger partial charge on any atom is 0.318 e. The number of fused-ring (bicyclic) bond motifs is 2. The Morgan fingerprint density at radius 1 is 1.07 bits per heavy atom. The van der Waals surface area contributed by atoms with Crippen LogP contribution < -0.4 is 14.5 Å². The van der Waals surface area contributed by atoms with Gasteiger partial charge in [0.05, 0.1) is 37.4 Å². The number of ether oxygens (including phenoxy) is 1. The quantitative estimate of drug-likeness (QED) is 0.318.